The molecule has 1 atom stereocenters. The number of rotatable bonds is 3. The summed E-state index contributed by atoms with van der Waals surface area (Å²) < 4.78 is 14.9. The number of halogens is 1. The van der Waals surface area contributed by atoms with E-state index >= 15 is 0 Å². The highest BCUT2D eigenvalue weighted by Gasteiger charge is 2.25. The maximum absolute atomic E-state index is 14.0. The van der Waals surface area contributed by atoms with Crippen LogP contribution in [-0.4, -0.2) is 11.3 Å². The average Bonchev–Trinajstić information content (AvgIpc) is 3.18. The number of pyridine rings is 1. The summed E-state index contributed by atoms with van der Waals surface area (Å²) in [6.45, 7) is 7.02. The molecular weight excluding hydrogens is 325 g/mol. The Balaban J connectivity index is 1.72. The first kappa shape index (κ1) is 14.8. The summed E-state index contributed by atoms with van der Waals surface area (Å²) in [6.07, 6.45) is 4.15. The number of carbonyl (C=O) groups is 1. The molecule has 0 saturated carbocycles. The highest BCUT2D eigenvalue weighted by Crippen LogP contribution is 2.39. The fraction of sp³-hybridized carbons (Fsp3) is 0.167. The van der Waals surface area contributed by atoms with Crippen molar-refractivity contribution in [1.82, 2.24) is 4.98 Å². The fourth-order valence-corrected chi connectivity index (χ4v) is 4.09. The molecule has 24 heavy (non-hydrogen) atoms. The Labute approximate surface area is 141 Å². The van der Waals surface area contributed by atoms with Crippen LogP contribution in [0.5, 0.6) is 0 Å². The highest BCUT2D eigenvalue weighted by atomic mass is 32.1. The molecule has 118 valence electrons. The number of nitrogens with zero attached hydrogens (tertiary/aromatic N) is 2. The van der Waals surface area contributed by atoms with E-state index in [1.54, 1.807) is 12.3 Å². The Morgan fingerprint density at radius 2 is 2.29 bits per heavy atom. The minimum Gasteiger partial charge on any atom is -0.362 e. The smallest absolute Gasteiger partial charge is 0.222 e. The molecule has 0 spiro atoms. The molecule has 0 bridgehead atoms. The van der Waals surface area contributed by atoms with Crippen molar-refractivity contribution in [3.05, 3.63) is 63.7 Å². The van der Waals surface area contributed by atoms with Gasteiger partial charge in [-0.15, -0.1) is 11.3 Å². The number of carbonyl (C=O) groups excluding carboxylic acids is 1. The van der Waals surface area contributed by atoms with Crippen LogP contribution in [0.1, 0.15) is 33.3 Å². The van der Waals surface area contributed by atoms with E-state index in [1.807, 2.05) is 12.1 Å². The summed E-state index contributed by atoms with van der Waals surface area (Å²) in [5.74, 6) is 0.223. The van der Waals surface area contributed by atoms with Crippen LogP contribution in [0.15, 0.2) is 30.5 Å². The van der Waals surface area contributed by atoms with E-state index in [0.29, 0.717) is 10.7 Å². The molecular formula is C18H12FN3OS. The van der Waals surface area contributed by atoms with Gasteiger partial charge in [0.2, 0.25) is 5.69 Å². The van der Waals surface area contributed by atoms with E-state index in [2.05, 4.69) is 15.1 Å². The fourth-order valence-electron chi connectivity index (χ4n) is 3.16. The van der Waals surface area contributed by atoms with Crippen molar-refractivity contribution < 1.29 is 9.18 Å². The van der Waals surface area contributed by atoms with Crippen LogP contribution in [0.4, 0.5) is 15.9 Å². The largest absolute Gasteiger partial charge is 0.362 e. The van der Waals surface area contributed by atoms with Gasteiger partial charge in [-0.05, 0) is 48.1 Å². The number of aldehydes is 1. The molecule has 3 aromatic rings. The van der Waals surface area contributed by atoms with Gasteiger partial charge in [0.25, 0.3) is 0 Å². The minimum absolute atomic E-state index is 0.0471. The topological polar surface area (TPSA) is 46.4 Å². The van der Waals surface area contributed by atoms with Gasteiger partial charge in [-0.25, -0.2) is 14.2 Å². The summed E-state index contributed by atoms with van der Waals surface area (Å²) in [5, 5.41) is 4.35. The summed E-state index contributed by atoms with van der Waals surface area (Å²) >= 11 is 1.39. The van der Waals surface area contributed by atoms with Gasteiger partial charge in [-0.3, -0.25) is 4.79 Å². The molecule has 4 nitrogen and oxygen atoms in total. The van der Waals surface area contributed by atoms with Crippen molar-refractivity contribution in [1.29, 1.82) is 0 Å². The zero-order chi connectivity index (χ0) is 16.7. The Hall–Kier alpha value is -2.78. The van der Waals surface area contributed by atoms with Crippen LogP contribution in [0, 0.1) is 12.4 Å². The molecule has 1 aliphatic rings. The number of thiophene rings is 1. The Bertz CT molecular complexity index is 1010. The van der Waals surface area contributed by atoms with Crippen LogP contribution in [0.3, 0.4) is 0 Å². The lowest BCUT2D eigenvalue weighted by Gasteiger charge is -2.15. The average molecular weight is 337 g/mol. The van der Waals surface area contributed by atoms with E-state index < -0.39 is 5.82 Å². The van der Waals surface area contributed by atoms with Crippen molar-refractivity contribution in [2.24, 2.45) is 0 Å². The quantitative estimate of drug-likeness (QED) is 0.546. The van der Waals surface area contributed by atoms with Crippen molar-refractivity contribution in [3.8, 4) is 0 Å². The number of anilines is 1. The Kier molecular flexibility index (Phi) is 3.51. The third-order valence-electron chi connectivity index (χ3n) is 4.29. The first-order valence-electron chi connectivity index (χ1n) is 7.49. The molecule has 1 N–H and O–H groups in total. The minimum atomic E-state index is -0.483. The van der Waals surface area contributed by atoms with Gasteiger partial charge in [0.05, 0.1) is 22.2 Å². The van der Waals surface area contributed by atoms with Crippen LogP contribution in [0.25, 0.3) is 14.9 Å². The standard InChI is InChI=1S/C18H12FN3OS/c1-20-16-7-10-2-3-15(13(10)8-14(16)19)22-18-17-11(4-5-21-18)6-12(9-23)24-17/h4-9,15H,2-3H2,(H,21,22)/t15-/m1/s1. The maximum Gasteiger partial charge on any atom is 0.222 e. The Morgan fingerprint density at radius 3 is 3.08 bits per heavy atom. The summed E-state index contributed by atoms with van der Waals surface area (Å²) in [6, 6.07) is 6.76. The van der Waals surface area contributed by atoms with Gasteiger partial charge >= 0.3 is 0 Å². The second kappa shape index (κ2) is 5.69. The second-order valence-corrected chi connectivity index (χ2v) is 6.78. The molecule has 0 aliphatic heterocycles. The second-order valence-electron chi connectivity index (χ2n) is 5.69. The van der Waals surface area contributed by atoms with Crippen LogP contribution in [0.2, 0.25) is 0 Å². The lowest BCUT2D eigenvalue weighted by Crippen LogP contribution is -2.08. The van der Waals surface area contributed by atoms with E-state index in [4.69, 9.17) is 6.57 Å². The van der Waals surface area contributed by atoms with Crippen molar-refractivity contribution >= 4 is 39.2 Å². The first-order chi connectivity index (χ1) is 11.7. The molecule has 4 rings (SSSR count). The summed E-state index contributed by atoms with van der Waals surface area (Å²) in [4.78, 5) is 19.3. The Morgan fingerprint density at radius 1 is 1.42 bits per heavy atom. The molecule has 0 unspecified atom stereocenters. The molecule has 0 radical (unpaired) electrons. The molecule has 6 heteroatoms. The number of benzene rings is 1. The molecule has 0 amide bonds. The summed E-state index contributed by atoms with van der Waals surface area (Å²) in [7, 11) is 0. The highest BCUT2D eigenvalue weighted by molar-refractivity contribution is 7.21. The van der Waals surface area contributed by atoms with E-state index in [9.17, 15) is 9.18 Å². The third-order valence-corrected chi connectivity index (χ3v) is 5.37. The van der Waals surface area contributed by atoms with Gasteiger partial charge in [0.15, 0.2) is 6.29 Å². The number of aromatic nitrogens is 1. The van der Waals surface area contributed by atoms with E-state index in [-0.39, 0.29) is 11.7 Å². The number of nitrogens with one attached hydrogen (secondary N) is 1. The normalized spacial score (nSPS) is 15.9. The molecule has 2 aromatic heterocycles. The van der Waals surface area contributed by atoms with E-state index in [0.717, 1.165) is 40.3 Å². The number of hydrogen-bond donors (Lipinski definition) is 1. The molecule has 2 heterocycles. The van der Waals surface area contributed by atoms with E-state index in [1.165, 1.54) is 17.4 Å². The lowest BCUT2D eigenvalue weighted by atomic mass is 10.1. The first-order valence-corrected chi connectivity index (χ1v) is 8.31. The van der Waals surface area contributed by atoms with Crippen LogP contribution < -0.4 is 5.32 Å². The number of aryl methyl sites for hydroxylation is 1. The van der Waals surface area contributed by atoms with Crippen LogP contribution >= 0.6 is 11.3 Å². The number of fused-ring (bicyclic) bond motifs is 2. The third kappa shape index (κ3) is 2.34. The van der Waals surface area contributed by atoms with Crippen molar-refractivity contribution in [3.63, 3.8) is 0 Å². The van der Waals surface area contributed by atoms with Crippen molar-refractivity contribution in [2.45, 2.75) is 18.9 Å². The predicted molar refractivity (Wildman–Crippen MR) is 92.4 cm³/mol. The number of hydrogen-bond acceptors (Lipinski definition) is 4. The molecule has 0 fully saturated rings. The van der Waals surface area contributed by atoms with Gasteiger partial charge in [-0.2, -0.15) is 0 Å². The predicted octanol–water partition coefficient (Wildman–Crippen LogP) is 4.90. The molecule has 1 aliphatic carbocycles. The zero-order valence-electron chi connectivity index (χ0n) is 12.5. The molecule has 1 aromatic carbocycles. The zero-order valence-corrected chi connectivity index (χ0v) is 13.4. The van der Waals surface area contributed by atoms with Crippen LogP contribution in [-0.2, 0) is 6.42 Å². The molecule has 0 saturated heterocycles. The summed E-state index contributed by atoms with van der Waals surface area (Å²) in [5.41, 5.74) is 1.96. The maximum atomic E-state index is 14.0. The lowest BCUT2D eigenvalue weighted by molar-refractivity contribution is 0.112. The van der Waals surface area contributed by atoms with Crippen molar-refractivity contribution in [2.75, 3.05) is 5.32 Å². The van der Waals surface area contributed by atoms with Gasteiger partial charge < -0.3 is 5.32 Å². The SMILES string of the molecule is [C-]#[N+]c1cc2c(cc1F)[C@H](Nc1nccc3cc(C=O)sc13)CC2. The van der Waals surface area contributed by atoms with Gasteiger partial charge in [-0.1, -0.05) is 5.56 Å². The van der Waals surface area contributed by atoms with Gasteiger partial charge in [0.1, 0.15) is 11.6 Å². The van der Waals surface area contributed by atoms with Gasteiger partial charge in [0, 0.05) is 6.20 Å². The monoisotopic (exact) mass is 337 g/mol.